The number of carbonyl (C=O) groups is 1. The Balaban J connectivity index is 2.48. The third kappa shape index (κ3) is 4.45. The Labute approximate surface area is 90.6 Å². The standard InChI is InChI=1S/C13H16O2/c1-3-4-5-6-13(14)15-12-9-7-11(2)8-10-12/h5-10H,3-4H2,1-2H3/b6-5+. The Hall–Kier alpha value is -1.57. The summed E-state index contributed by atoms with van der Waals surface area (Å²) in [6.07, 6.45) is 5.25. The predicted molar refractivity (Wildman–Crippen MR) is 60.9 cm³/mol. The Morgan fingerprint density at radius 3 is 2.60 bits per heavy atom. The molecule has 2 nitrogen and oxygen atoms in total. The van der Waals surface area contributed by atoms with Crippen LogP contribution in [-0.4, -0.2) is 5.97 Å². The maximum absolute atomic E-state index is 11.3. The molecule has 0 fully saturated rings. The Kier molecular flexibility index (Phi) is 4.61. The zero-order valence-corrected chi connectivity index (χ0v) is 9.19. The molecule has 0 unspecified atom stereocenters. The van der Waals surface area contributed by atoms with Gasteiger partial charge in [0.1, 0.15) is 5.75 Å². The van der Waals surface area contributed by atoms with Gasteiger partial charge >= 0.3 is 5.97 Å². The molecular weight excluding hydrogens is 188 g/mol. The van der Waals surface area contributed by atoms with Crippen molar-refractivity contribution in [3.8, 4) is 5.75 Å². The summed E-state index contributed by atoms with van der Waals surface area (Å²) in [6.45, 7) is 4.06. The van der Waals surface area contributed by atoms with Gasteiger partial charge in [-0.05, 0) is 25.5 Å². The van der Waals surface area contributed by atoms with E-state index in [0.29, 0.717) is 5.75 Å². The first-order valence-corrected chi connectivity index (χ1v) is 5.17. The highest BCUT2D eigenvalue weighted by atomic mass is 16.5. The fraction of sp³-hybridized carbons (Fsp3) is 0.308. The Morgan fingerprint density at radius 2 is 2.00 bits per heavy atom. The van der Waals surface area contributed by atoms with E-state index < -0.39 is 0 Å². The van der Waals surface area contributed by atoms with Crippen molar-refractivity contribution in [1.82, 2.24) is 0 Å². The molecule has 15 heavy (non-hydrogen) atoms. The van der Waals surface area contributed by atoms with Gasteiger partial charge in [-0.15, -0.1) is 0 Å². The molecule has 0 atom stereocenters. The van der Waals surface area contributed by atoms with Crippen LogP contribution in [0.15, 0.2) is 36.4 Å². The number of allylic oxidation sites excluding steroid dienone is 1. The number of benzene rings is 1. The molecule has 0 aliphatic heterocycles. The van der Waals surface area contributed by atoms with Gasteiger partial charge in [0.15, 0.2) is 0 Å². The topological polar surface area (TPSA) is 26.3 Å². The predicted octanol–water partition coefficient (Wildman–Crippen LogP) is 3.26. The van der Waals surface area contributed by atoms with Gasteiger partial charge in [-0.2, -0.15) is 0 Å². The van der Waals surface area contributed by atoms with Crippen LogP contribution in [0.2, 0.25) is 0 Å². The molecule has 0 saturated carbocycles. The molecule has 80 valence electrons. The minimum Gasteiger partial charge on any atom is -0.423 e. The normalized spacial score (nSPS) is 10.5. The molecule has 0 amide bonds. The average Bonchev–Trinajstić information content (AvgIpc) is 2.22. The molecule has 0 spiro atoms. The average molecular weight is 204 g/mol. The Bertz CT molecular complexity index is 336. The second-order valence-electron chi connectivity index (χ2n) is 3.43. The number of ether oxygens (including phenoxy) is 1. The summed E-state index contributed by atoms with van der Waals surface area (Å²) in [5.74, 6) is 0.277. The second kappa shape index (κ2) is 6.02. The molecule has 0 aromatic heterocycles. The van der Waals surface area contributed by atoms with Crippen LogP contribution in [-0.2, 0) is 4.79 Å². The van der Waals surface area contributed by atoms with E-state index in [4.69, 9.17) is 4.74 Å². The fourth-order valence-electron chi connectivity index (χ4n) is 1.10. The minimum atomic E-state index is -0.313. The van der Waals surface area contributed by atoms with Gasteiger partial charge in [-0.25, -0.2) is 4.79 Å². The van der Waals surface area contributed by atoms with Crippen molar-refractivity contribution in [2.75, 3.05) is 0 Å². The number of rotatable bonds is 4. The van der Waals surface area contributed by atoms with Gasteiger partial charge in [-0.1, -0.05) is 37.1 Å². The quantitative estimate of drug-likeness (QED) is 0.427. The first kappa shape index (κ1) is 11.5. The summed E-state index contributed by atoms with van der Waals surface area (Å²) < 4.78 is 5.09. The van der Waals surface area contributed by atoms with Crippen molar-refractivity contribution < 1.29 is 9.53 Å². The number of hydrogen-bond acceptors (Lipinski definition) is 2. The van der Waals surface area contributed by atoms with Crippen LogP contribution in [0.5, 0.6) is 5.75 Å². The van der Waals surface area contributed by atoms with E-state index in [1.807, 2.05) is 25.1 Å². The van der Waals surface area contributed by atoms with Gasteiger partial charge < -0.3 is 4.74 Å². The second-order valence-corrected chi connectivity index (χ2v) is 3.43. The largest absolute Gasteiger partial charge is 0.423 e. The van der Waals surface area contributed by atoms with Crippen molar-refractivity contribution in [2.24, 2.45) is 0 Å². The molecule has 0 aliphatic rings. The van der Waals surface area contributed by atoms with Crippen molar-refractivity contribution in [2.45, 2.75) is 26.7 Å². The smallest absolute Gasteiger partial charge is 0.335 e. The number of aryl methyl sites for hydroxylation is 1. The molecular formula is C13H16O2. The lowest BCUT2D eigenvalue weighted by molar-refractivity contribution is -0.129. The molecule has 1 aromatic carbocycles. The van der Waals surface area contributed by atoms with Crippen LogP contribution in [0.25, 0.3) is 0 Å². The monoisotopic (exact) mass is 204 g/mol. The SMILES string of the molecule is CCC/C=C/C(=O)Oc1ccc(C)cc1. The first-order chi connectivity index (χ1) is 7.22. The van der Waals surface area contributed by atoms with Gasteiger partial charge in [-0.3, -0.25) is 0 Å². The third-order valence-electron chi connectivity index (χ3n) is 1.95. The zero-order chi connectivity index (χ0) is 11.1. The van der Waals surface area contributed by atoms with E-state index in [2.05, 4.69) is 6.92 Å². The van der Waals surface area contributed by atoms with Crippen LogP contribution >= 0.6 is 0 Å². The van der Waals surface area contributed by atoms with E-state index >= 15 is 0 Å². The first-order valence-electron chi connectivity index (χ1n) is 5.17. The van der Waals surface area contributed by atoms with Crippen LogP contribution in [0, 0.1) is 6.92 Å². The molecule has 0 saturated heterocycles. The molecule has 1 rings (SSSR count). The van der Waals surface area contributed by atoms with E-state index in [0.717, 1.165) is 18.4 Å². The lowest BCUT2D eigenvalue weighted by Crippen LogP contribution is -2.03. The highest BCUT2D eigenvalue weighted by Gasteiger charge is 1.98. The number of hydrogen-bond donors (Lipinski definition) is 0. The lowest BCUT2D eigenvalue weighted by Gasteiger charge is -2.00. The van der Waals surface area contributed by atoms with Crippen LogP contribution in [0.4, 0.5) is 0 Å². The fourth-order valence-corrected chi connectivity index (χ4v) is 1.10. The molecule has 1 aromatic rings. The summed E-state index contributed by atoms with van der Waals surface area (Å²) in [5.41, 5.74) is 1.15. The maximum Gasteiger partial charge on any atom is 0.335 e. The molecule has 0 N–H and O–H groups in total. The minimum absolute atomic E-state index is 0.313. The molecule has 0 bridgehead atoms. The van der Waals surface area contributed by atoms with Crippen LogP contribution in [0.3, 0.4) is 0 Å². The van der Waals surface area contributed by atoms with E-state index in [-0.39, 0.29) is 5.97 Å². The third-order valence-corrected chi connectivity index (χ3v) is 1.95. The number of esters is 1. The summed E-state index contributed by atoms with van der Waals surface area (Å²) in [5, 5.41) is 0. The zero-order valence-electron chi connectivity index (χ0n) is 9.19. The van der Waals surface area contributed by atoms with Gasteiger partial charge in [0.2, 0.25) is 0 Å². The molecule has 0 aliphatic carbocycles. The van der Waals surface area contributed by atoms with Crippen LogP contribution in [0.1, 0.15) is 25.3 Å². The summed E-state index contributed by atoms with van der Waals surface area (Å²) in [7, 11) is 0. The highest BCUT2D eigenvalue weighted by molar-refractivity contribution is 5.83. The summed E-state index contributed by atoms with van der Waals surface area (Å²) >= 11 is 0. The molecule has 0 radical (unpaired) electrons. The maximum atomic E-state index is 11.3. The van der Waals surface area contributed by atoms with Gasteiger partial charge in [0, 0.05) is 6.08 Å². The van der Waals surface area contributed by atoms with Gasteiger partial charge in [0.05, 0.1) is 0 Å². The Morgan fingerprint density at radius 1 is 1.33 bits per heavy atom. The lowest BCUT2D eigenvalue weighted by atomic mass is 10.2. The number of unbranched alkanes of at least 4 members (excludes halogenated alkanes) is 1. The van der Waals surface area contributed by atoms with Crippen molar-refractivity contribution >= 4 is 5.97 Å². The number of carbonyl (C=O) groups excluding carboxylic acids is 1. The van der Waals surface area contributed by atoms with E-state index in [1.54, 1.807) is 12.1 Å². The van der Waals surface area contributed by atoms with Crippen molar-refractivity contribution in [3.63, 3.8) is 0 Å². The molecule has 2 heteroatoms. The van der Waals surface area contributed by atoms with Gasteiger partial charge in [0.25, 0.3) is 0 Å². The van der Waals surface area contributed by atoms with Crippen molar-refractivity contribution in [3.05, 3.63) is 42.0 Å². The van der Waals surface area contributed by atoms with Crippen LogP contribution < -0.4 is 4.74 Å². The van der Waals surface area contributed by atoms with Crippen molar-refractivity contribution in [1.29, 1.82) is 0 Å². The summed E-state index contributed by atoms with van der Waals surface area (Å²) in [4.78, 5) is 11.3. The van der Waals surface area contributed by atoms with E-state index in [1.165, 1.54) is 6.08 Å². The molecule has 0 heterocycles. The summed E-state index contributed by atoms with van der Waals surface area (Å²) in [6, 6.07) is 7.42. The van der Waals surface area contributed by atoms with E-state index in [9.17, 15) is 4.79 Å². The highest BCUT2D eigenvalue weighted by Crippen LogP contribution is 2.11.